The molecule has 0 radical (unpaired) electrons. The molecule has 0 spiro atoms. The van der Waals surface area contributed by atoms with Crippen LogP contribution in [-0.2, 0) is 61.1 Å². The number of nitrogens with zero attached hydrogens (tertiary/aromatic N) is 7. The van der Waals surface area contributed by atoms with Gasteiger partial charge in [-0.25, -0.2) is 24.0 Å². The van der Waals surface area contributed by atoms with Crippen LogP contribution in [0.3, 0.4) is 0 Å². The maximum atomic E-state index is 14.2. The van der Waals surface area contributed by atoms with Crippen molar-refractivity contribution in [2.24, 2.45) is 0 Å². The normalized spacial score (nSPS) is 11.8. The van der Waals surface area contributed by atoms with Crippen LogP contribution in [0, 0.1) is 0 Å². The largest absolute Gasteiger partial charge is 0.484 e. The Hall–Kier alpha value is -9.88. The molecule has 0 fully saturated rings. The summed E-state index contributed by atoms with van der Waals surface area (Å²) in [5.74, 6) is -0.164. The lowest BCUT2D eigenvalue weighted by atomic mass is 9.77. The van der Waals surface area contributed by atoms with E-state index in [2.05, 4.69) is 84.2 Å². The zero-order valence-corrected chi connectivity index (χ0v) is 53.6. The van der Waals surface area contributed by atoms with E-state index in [0.29, 0.717) is 62.8 Å². The van der Waals surface area contributed by atoms with Crippen molar-refractivity contribution in [3.63, 3.8) is 0 Å². The van der Waals surface area contributed by atoms with Gasteiger partial charge in [0.1, 0.15) is 22.7 Å². The Morgan fingerprint density at radius 2 is 1.35 bits per heavy atom. The molecular weight excluding hydrogens is 1200 g/mol. The summed E-state index contributed by atoms with van der Waals surface area (Å²) in [6, 6.07) is 66.3. The van der Waals surface area contributed by atoms with Gasteiger partial charge in [-0.15, -0.1) is 16.9 Å². The summed E-state index contributed by atoms with van der Waals surface area (Å²) in [6.45, 7) is 9.32. The highest BCUT2D eigenvalue weighted by Crippen LogP contribution is 2.44. The van der Waals surface area contributed by atoms with Gasteiger partial charge >= 0.3 is 18.0 Å². The molecule has 2 heterocycles. The van der Waals surface area contributed by atoms with E-state index in [4.69, 9.17) is 45.8 Å². The summed E-state index contributed by atoms with van der Waals surface area (Å²) in [5.41, 5.74) is 7.80. The van der Waals surface area contributed by atoms with Crippen LogP contribution in [0.5, 0.6) is 5.75 Å². The fraction of sp³-hybridized carbons (Fsp3) is 0.233. The third kappa shape index (κ3) is 15.5. The number of halogens is 1. The Morgan fingerprint density at radius 1 is 0.717 bits per heavy atom. The van der Waals surface area contributed by atoms with Gasteiger partial charge in [0, 0.05) is 47.7 Å². The van der Waals surface area contributed by atoms with Crippen LogP contribution in [0.4, 0.5) is 16.2 Å². The zero-order chi connectivity index (χ0) is 64.8. The van der Waals surface area contributed by atoms with Crippen molar-refractivity contribution in [3.8, 4) is 28.3 Å². The first-order valence-electron chi connectivity index (χ1n) is 30.3. The van der Waals surface area contributed by atoms with Gasteiger partial charge in [0.25, 0.3) is 5.91 Å². The molecule has 0 aliphatic carbocycles. The molecule has 0 saturated carbocycles. The van der Waals surface area contributed by atoms with Gasteiger partial charge in [-0.1, -0.05) is 182 Å². The summed E-state index contributed by atoms with van der Waals surface area (Å²) in [6.07, 6.45) is -0.302. The molecule has 92 heavy (non-hydrogen) atoms. The van der Waals surface area contributed by atoms with E-state index in [1.54, 1.807) is 95.4 Å². The fourth-order valence-electron chi connectivity index (χ4n) is 10.9. The summed E-state index contributed by atoms with van der Waals surface area (Å²) in [4.78, 5) is 60.7. The van der Waals surface area contributed by atoms with E-state index in [1.807, 2.05) is 88.1 Å². The van der Waals surface area contributed by atoms with E-state index >= 15 is 0 Å². The van der Waals surface area contributed by atoms with Gasteiger partial charge in [-0.05, 0) is 132 Å². The summed E-state index contributed by atoms with van der Waals surface area (Å²) in [7, 11) is 1.56. The van der Waals surface area contributed by atoms with Gasteiger partial charge < -0.3 is 33.9 Å². The van der Waals surface area contributed by atoms with Crippen molar-refractivity contribution in [1.82, 2.24) is 29.8 Å². The Labute approximate surface area is 544 Å². The molecular formula is C73H71ClN8O9S. The molecule has 0 bridgehead atoms. The Kier molecular flexibility index (Phi) is 21.1. The smallest absolute Gasteiger partial charge is 0.414 e. The van der Waals surface area contributed by atoms with Crippen molar-refractivity contribution < 1.29 is 43.2 Å². The molecule has 0 aliphatic heterocycles. The molecule has 0 aliphatic rings. The van der Waals surface area contributed by atoms with Gasteiger partial charge in [-0.3, -0.25) is 9.69 Å². The number of benzene rings is 8. The number of amides is 2. The van der Waals surface area contributed by atoms with E-state index in [-0.39, 0.29) is 32.0 Å². The summed E-state index contributed by atoms with van der Waals surface area (Å²) >= 11 is 7.50. The van der Waals surface area contributed by atoms with Crippen LogP contribution in [0.15, 0.2) is 211 Å². The van der Waals surface area contributed by atoms with Gasteiger partial charge in [0.05, 0.1) is 30.3 Å². The molecule has 10 aromatic rings. The topological polar surface area (TPSA) is 202 Å². The highest BCUT2D eigenvalue weighted by atomic mass is 35.5. The SMILES string of the molecule is CCCc1nc(CSc2ccc(NC(=O)COc3ccc(CC(OCc4cccc(Cl)c4)C(=O)O)cc3)c(N(C)C(=O)OC(C)(C)C)c2)c(C(=O)OCC)n1Cc1ccc(-c2ccccc2-c2nnnn2C(c2ccccc2)(c2ccccc2)c2ccccc2)cc1. The standard InChI is InChI=1S/C73H71ClN8O9S/c1-7-21-65-75-62(48-92-58-40-41-61(63(44-58)80(6)71(87)91-72(3,4)5)76-66(83)47-89-57-38-34-49(35-39-57)43-64(69(84)85)90-46-51-22-20-29-56(74)42-51)67(70(86)88-8-2)81(65)45-50-32-36-52(37-33-50)59-30-18-19-31-60(59)68-77-78-79-82(68)73(53-23-12-9-13-24-53,54-25-14-10-15-26-54)55-27-16-11-17-28-55/h9-20,22-42,44,64H,7-8,21,43,45-48H2,1-6H3,(H,76,83)(H,84,85). The molecule has 1 unspecified atom stereocenters. The highest BCUT2D eigenvalue weighted by molar-refractivity contribution is 7.98. The number of ether oxygens (including phenoxy) is 4. The van der Waals surface area contributed by atoms with E-state index < -0.39 is 41.2 Å². The van der Waals surface area contributed by atoms with Crippen molar-refractivity contribution in [2.45, 2.75) is 94.9 Å². The minimum Gasteiger partial charge on any atom is -0.484 e. The molecule has 2 amide bonds. The number of hydrogen-bond acceptors (Lipinski definition) is 13. The molecule has 2 N–H and O–H groups in total. The predicted molar refractivity (Wildman–Crippen MR) is 357 cm³/mol. The third-order valence-corrected chi connectivity index (χ3v) is 16.4. The Balaban J connectivity index is 0.877. The number of aromatic nitrogens is 6. The number of carboxylic acid groups (broad SMARTS) is 1. The number of aryl methyl sites for hydroxylation is 1. The first-order valence-corrected chi connectivity index (χ1v) is 31.6. The average Bonchev–Trinajstić information content (AvgIpc) is 1.22. The maximum Gasteiger partial charge on any atom is 0.414 e. The van der Waals surface area contributed by atoms with Crippen molar-refractivity contribution in [2.75, 3.05) is 30.5 Å². The number of esters is 1. The fourth-order valence-corrected chi connectivity index (χ4v) is 12.0. The van der Waals surface area contributed by atoms with Crippen LogP contribution >= 0.6 is 23.4 Å². The summed E-state index contributed by atoms with van der Waals surface area (Å²) in [5, 5.41) is 27.2. The minimum atomic E-state index is -1.11. The number of carbonyl (C=O) groups is 4. The highest BCUT2D eigenvalue weighted by Gasteiger charge is 2.42. The van der Waals surface area contributed by atoms with Crippen LogP contribution in [-0.4, -0.2) is 90.8 Å². The quantitative estimate of drug-likeness (QED) is 0.0294. The Bertz CT molecular complexity index is 4070. The number of carboxylic acids is 1. The maximum absolute atomic E-state index is 14.2. The molecule has 470 valence electrons. The number of rotatable bonds is 26. The van der Waals surface area contributed by atoms with Crippen LogP contribution < -0.4 is 15.0 Å². The van der Waals surface area contributed by atoms with E-state index in [9.17, 15) is 24.3 Å². The molecule has 19 heteroatoms. The molecule has 0 saturated heterocycles. The lowest BCUT2D eigenvalue weighted by Crippen LogP contribution is -2.39. The Morgan fingerprint density at radius 3 is 1.96 bits per heavy atom. The second-order valence-corrected chi connectivity index (χ2v) is 24.3. The number of aliphatic carboxylic acids is 1. The lowest BCUT2D eigenvalue weighted by Gasteiger charge is -2.36. The van der Waals surface area contributed by atoms with Crippen LogP contribution in [0.2, 0.25) is 5.02 Å². The zero-order valence-electron chi connectivity index (χ0n) is 52.0. The van der Waals surface area contributed by atoms with Gasteiger partial charge in [0.15, 0.2) is 24.2 Å². The predicted octanol–water partition coefficient (Wildman–Crippen LogP) is 14.8. The van der Waals surface area contributed by atoms with Gasteiger partial charge in [0.2, 0.25) is 0 Å². The minimum absolute atomic E-state index is 0.0729. The number of anilines is 2. The number of tetrazole rings is 1. The van der Waals surface area contributed by atoms with E-state index in [1.165, 1.54) is 16.7 Å². The number of carbonyl (C=O) groups excluding carboxylic acids is 3. The van der Waals surface area contributed by atoms with Crippen molar-refractivity contribution in [3.05, 3.63) is 262 Å². The molecule has 17 nitrogen and oxygen atoms in total. The second kappa shape index (κ2) is 29.8. The molecule has 10 rings (SSSR count). The number of hydrogen-bond donors (Lipinski definition) is 2. The monoisotopic (exact) mass is 1270 g/mol. The second-order valence-electron chi connectivity index (χ2n) is 22.8. The van der Waals surface area contributed by atoms with Crippen molar-refractivity contribution in [1.29, 1.82) is 0 Å². The van der Waals surface area contributed by atoms with Crippen molar-refractivity contribution >= 4 is 58.7 Å². The lowest BCUT2D eigenvalue weighted by molar-refractivity contribution is -0.151. The number of imidazole rings is 1. The number of nitrogens with one attached hydrogen (secondary N) is 1. The molecule has 2 aromatic heterocycles. The van der Waals surface area contributed by atoms with Crippen LogP contribution in [0.25, 0.3) is 22.5 Å². The van der Waals surface area contributed by atoms with Crippen LogP contribution in [0.1, 0.15) is 96.4 Å². The van der Waals surface area contributed by atoms with Gasteiger partial charge in [-0.2, -0.15) is 0 Å². The molecule has 1 atom stereocenters. The van der Waals surface area contributed by atoms with E-state index in [0.717, 1.165) is 56.8 Å². The average molecular weight is 1270 g/mol. The molecule has 8 aromatic carbocycles. The summed E-state index contributed by atoms with van der Waals surface area (Å²) < 4.78 is 27.0. The third-order valence-electron chi connectivity index (χ3n) is 15.2. The number of thioether (sulfide) groups is 1. The first-order chi connectivity index (χ1) is 44.5. The first kappa shape index (κ1) is 65.1.